The molecule has 2 aliphatic rings. The fourth-order valence-corrected chi connectivity index (χ4v) is 14.4. The molecule has 28 heteroatoms. The van der Waals surface area contributed by atoms with Crippen molar-refractivity contribution in [1.29, 1.82) is 0 Å². The van der Waals surface area contributed by atoms with Crippen molar-refractivity contribution >= 4 is 104 Å². The van der Waals surface area contributed by atoms with Crippen LogP contribution in [-0.4, -0.2) is 239 Å². The summed E-state index contributed by atoms with van der Waals surface area (Å²) in [5.41, 5.74) is 4.02. The van der Waals surface area contributed by atoms with Gasteiger partial charge in [-0.25, -0.2) is 0 Å². The molecule has 8 atom stereocenters. The summed E-state index contributed by atoms with van der Waals surface area (Å²) in [4.78, 5) is 189. The number of likely N-dealkylation sites (N-methyl/N-ethyl adjacent to an activating group) is 4. The molecular formula is C83H113ClN14O13. The first-order valence-corrected chi connectivity index (χ1v) is 39.2. The van der Waals surface area contributed by atoms with E-state index in [-0.39, 0.29) is 83.2 Å². The number of nitrogens with one attached hydrogen (secondary N) is 8. The molecule has 0 aliphatic carbocycles. The molecule has 8 N–H and O–H groups in total. The van der Waals surface area contributed by atoms with Crippen molar-refractivity contribution in [1.82, 2.24) is 71.3 Å². The molecule has 0 radical (unpaired) electrons. The zero-order chi connectivity index (χ0) is 80.6. The Morgan fingerprint density at radius 1 is 0.577 bits per heavy atom. The number of halogens is 1. The number of fused-ring (bicyclic) bond motifs is 2. The number of amides is 11. The van der Waals surface area contributed by atoms with Gasteiger partial charge >= 0.3 is 0 Å². The van der Waals surface area contributed by atoms with E-state index in [4.69, 9.17) is 16.3 Å². The zero-order valence-corrected chi connectivity index (χ0v) is 66.9. The standard InChI is InChI=1S/C83H113ClN14O13/c1-12-14-27-68-77(105)91-69(43-58-47-86-67-29-19-17-26-65(58)67)78(106)90-60(40-55-31-33-63(34-32-55)111-83(5,6)7)45-73(102)94(9)51-74(103)93(8)49-53(3)80(108)96(11)70(41-56-23-22-24-59(84)39-56)81(109)95(10)52-75(104)98(36-13-2)50-72(101)92-76(82(110)97-37-20-15-21-38-97)79(107)88-54(4)30-35-71(100)89-61(44-62(99)48-87-68)42-57-46-85-66-28-18-16-25-64(57)66/h16-19,22-26,28-29,31-34,39,46-47,53-54,60-61,68-70,76,85-87H,12-15,20-21,27,30,35-38,40-45,48-52H2,1-11H3,(H,88,107)(H,89,100)(H,90,106)(H,91,105)(H,92,101)/t53-,54+,60-,61+,68+,69+,70+,76+/m1/s1. The van der Waals surface area contributed by atoms with Crippen molar-refractivity contribution < 1.29 is 62.3 Å². The maximum absolute atomic E-state index is 15.3. The average molecular weight is 1550 g/mol. The van der Waals surface area contributed by atoms with E-state index in [1.54, 1.807) is 63.4 Å². The van der Waals surface area contributed by atoms with Crippen LogP contribution in [0.5, 0.6) is 5.75 Å². The van der Waals surface area contributed by atoms with Gasteiger partial charge in [0.15, 0.2) is 6.04 Å². The largest absolute Gasteiger partial charge is 0.488 e. The second-order valence-electron chi connectivity index (χ2n) is 30.8. The predicted molar refractivity (Wildman–Crippen MR) is 426 cm³/mol. The van der Waals surface area contributed by atoms with Crippen molar-refractivity contribution in [3.05, 3.63) is 137 Å². The quantitative estimate of drug-likeness (QED) is 0.0504. The molecular weight excluding hydrogens is 1440 g/mol. The number of carbonyl (C=O) groups is 12. The van der Waals surface area contributed by atoms with Crippen LogP contribution in [0.3, 0.4) is 0 Å². The Balaban J connectivity index is 1.11. The van der Waals surface area contributed by atoms with Gasteiger partial charge in [0.25, 0.3) is 11.8 Å². The highest BCUT2D eigenvalue weighted by atomic mass is 35.5. The first kappa shape index (κ1) is 86.4. The Kier molecular flexibility index (Phi) is 32.1. The van der Waals surface area contributed by atoms with Crippen LogP contribution < -0.4 is 36.6 Å². The molecule has 4 heterocycles. The van der Waals surface area contributed by atoms with E-state index in [1.165, 1.54) is 52.7 Å². The Morgan fingerprint density at radius 3 is 1.85 bits per heavy atom. The second-order valence-corrected chi connectivity index (χ2v) is 31.2. The molecule has 27 nitrogen and oxygen atoms in total. The van der Waals surface area contributed by atoms with Gasteiger partial charge in [0, 0.05) is 144 Å². The Morgan fingerprint density at radius 2 is 1.21 bits per heavy atom. The normalized spacial score (nSPS) is 22.5. The number of ether oxygens (including phenoxy) is 1. The molecule has 2 aliphatic heterocycles. The van der Waals surface area contributed by atoms with E-state index in [0.29, 0.717) is 67.1 Å². The lowest BCUT2D eigenvalue weighted by atomic mass is 9.99. The molecule has 4 aromatic carbocycles. The third-order valence-electron chi connectivity index (χ3n) is 20.2. The van der Waals surface area contributed by atoms with Crippen LogP contribution in [0.2, 0.25) is 5.02 Å². The molecule has 2 saturated heterocycles. The van der Waals surface area contributed by atoms with Crippen molar-refractivity contribution in [3.8, 4) is 5.75 Å². The topological polar surface area (TPSA) is 337 Å². The average Bonchev–Trinajstić information content (AvgIpc) is 1.80. The SMILES string of the molecule is CCCC[C@@H]1NCC(=O)C[C@H](Cc2c[nH]c3ccccc23)NC(=O)CC[C@H](C)NC(=O)[C@@H](C(=O)N2CCCCC2)NC(=O)CN(CCC)C(=O)CN(C)C(=O)[C@H](Cc2cccc(Cl)c2)N(C)C(=O)[C@H](C)CN(C)C(=O)CN(C)C(=O)C[C@@H](Cc2ccc(OC(C)(C)C)cc2)NC(=O)[C@H](Cc2c[nH]c3ccccc23)NC1=O. The maximum atomic E-state index is 15.3. The van der Waals surface area contributed by atoms with Gasteiger partial charge in [0.05, 0.1) is 38.1 Å². The van der Waals surface area contributed by atoms with Gasteiger partial charge in [-0.1, -0.05) is 106 Å². The van der Waals surface area contributed by atoms with Crippen molar-refractivity contribution in [3.63, 3.8) is 0 Å². The molecule has 600 valence electrons. The van der Waals surface area contributed by atoms with Crippen molar-refractivity contribution in [2.75, 3.05) is 80.5 Å². The minimum Gasteiger partial charge on any atom is -0.488 e. The smallest absolute Gasteiger partial charge is 0.254 e. The number of piperidine rings is 1. The number of para-hydroxylation sites is 2. The summed E-state index contributed by atoms with van der Waals surface area (Å²) in [7, 11) is 5.80. The molecule has 0 saturated carbocycles. The van der Waals surface area contributed by atoms with Crippen LogP contribution in [0.25, 0.3) is 21.8 Å². The van der Waals surface area contributed by atoms with Gasteiger partial charge in [-0.05, 0) is 138 Å². The summed E-state index contributed by atoms with van der Waals surface area (Å²) >= 11 is 6.45. The van der Waals surface area contributed by atoms with E-state index in [9.17, 15) is 52.7 Å². The fourth-order valence-electron chi connectivity index (χ4n) is 14.2. The summed E-state index contributed by atoms with van der Waals surface area (Å²) in [6.45, 7) is 11.5. The number of benzene rings is 4. The summed E-state index contributed by atoms with van der Waals surface area (Å²) in [5, 5.41) is 19.9. The number of aromatic nitrogens is 2. The number of carbonyl (C=O) groups excluding carboxylic acids is 12. The van der Waals surface area contributed by atoms with Crippen LogP contribution >= 0.6 is 11.6 Å². The molecule has 0 spiro atoms. The third-order valence-corrected chi connectivity index (χ3v) is 20.5. The molecule has 0 bridgehead atoms. The number of H-pyrrole nitrogens is 2. The van der Waals surface area contributed by atoms with Crippen LogP contribution in [0.15, 0.2) is 109 Å². The number of hydrogen-bond donors (Lipinski definition) is 8. The zero-order valence-electron chi connectivity index (χ0n) is 66.1. The van der Waals surface area contributed by atoms with Gasteiger partial charge in [-0.15, -0.1) is 0 Å². The number of likely N-dealkylation sites (tertiary alicyclic amines) is 1. The maximum Gasteiger partial charge on any atom is 0.254 e. The third kappa shape index (κ3) is 26.0. The van der Waals surface area contributed by atoms with E-state index in [0.717, 1.165) is 44.3 Å². The minimum absolute atomic E-state index is 0.00436. The highest BCUT2D eigenvalue weighted by Gasteiger charge is 2.38. The van der Waals surface area contributed by atoms with Crippen LogP contribution in [0.4, 0.5) is 0 Å². The Labute approximate surface area is 656 Å². The van der Waals surface area contributed by atoms with Gasteiger partial charge < -0.3 is 70.7 Å². The lowest BCUT2D eigenvalue weighted by Crippen LogP contribution is -2.59. The number of Topliss-reactive ketones (excluding diaryl/α,β-unsaturated/α-hetero) is 1. The highest BCUT2D eigenvalue weighted by Crippen LogP contribution is 2.25. The molecule has 11 amide bonds. The molecule has 2 fully saturated rings. The first-order valence-electron chi connectivity index (χ1n) is 38.8. The minimum atomic E-state index is -1.72. The monoisotopic (exact) mass is 1550 g/mol. The first-order chi connectivity index (χ1) is 52.9. The summed E-state index contributed by atoms with van der Waals surface area (Å²) < 4.78 is 6.12. The van der Waals surface area contributed by atoms with E-state index >= 15 is 4.79 Å². The van der Waals surface area contributed by atoms with Crippen LogP contribution in [-0.2, 0) is 83.2 Å². The lowest BCUT2D eigenvalue weighted by Gasteiger charge is -2.34. The number of unbranched alkanes of at least 4 members (excludes halogenated alkanes) is 1. The van der Waals surface area contributed by atoms with Gasteiger partial charge in [0.1, 0.15) is 29.2 Å². The van der Waals surface area contributed by atoms with Gasteiger partial charge in [0.2, 0.25) is 53.2 Å². The van der Waals surface area contributed by atoms with E-state index < -0.39 is 138 Å². The number of ketones is 1. The number of hydrogen-bond acceptors (Lipinski definition) is 14. The molecule has 0 unspecified atom stereocenters. The van der Waals surface area contributed by atoms with Crippen LogP contribution in [0.1, 0.15) is 141 Å². The van der Waals surface area contributed by atoms with E-state index in [2.05, 4.69) is 41.9 Å². The molecule has 6 aromatic rings. The highest BCUT2D eigenvalue weighted by molar-refractivity contribution is 6.30. The van der Waals surface area contributed by atoms with Crippen molar-refractivity contribution in [2.45, 2.75) is 193 Å². The predicted octanol–water partition coefficient (Wildman–Crippen LogP) is 6.58. The Hall–Kier alpha value is -10.2. The number of aromatic amines is 2. The second kappa shape index (κ2) is 41.2. The van der Waals surface area contributed by atoms with Gasteiger partial charge in [-0.3, -0.25) is 62.9 Å². The Bertz CT molecular complexity index is 4230. The van der Waals surface area contributed by atoms with Crippen molar-refractivity contribution in [2.24, 2.45) is 5.92 Å². The molecule has 111 heavy (non-hydrogen) atoms. The van der Waals surface area contributed by atoms with E-state index in [1.807, 2.05) is 94.6 Å². The van der Waals surface area contributed by atoms with Crippen LogP contribution in [0, 0.1) is 5.92 Å². The fraction of sp³-hybridized carbons (Fsp3) is 0.518. The van der Waals surface area contributed by atoms with Gasteiger partial charge in [-0.2, -0.15) is 0 Å². The molecule has 8 rings (SSSR count). The molecule has 2 aromatic heterocycles. The number of nitrogens with zero attached hydrogens (tertiary/aromatic N) is 6. The number of rotatable bonds is 15. The summed E-state index contributed by atoms with van der Waals surface area (Å²) in [6, 6.07) is 21.6. The summed E-state index contributed by atoms with van der Waals surface area (Å²) in [6.07, 6.45) is 7.54. The lowest BCUT2D eigenvalue weighted by molar-refractivity contribution is -0.149. The summed E-state index contributed by atoms with van der Waals surface area (Å²) in [5.74, 6) is -7.43.